The van der Waals surface area contributed by atoms with Gasteiger partial charge in [-0.25, -0.2) is 9.97 Å². The molecule has 0 amide bonds. The van der Waals surface area contributed by atoms with Gasteiger partial charge in [-0.15, -0.1) is 0 Å². The number of halogens is 1. The van der Waals surface area contributed by atoms with Crippen molar-refractivity contribution in [1.29, 1.82) is 0 Å². The Bertz CT molecular complexity index is 897. The topological polar surface area (TPSA) is 64.7 Å². The van der Waals surface area contributed by atoms with Crippen molar-refractivity contribution in [3.8, 4) is 11.1 Å². The van der Waals surface area contributed by atoms with Crippen LogP contribution in [-0.2, 0) is 5.41 Å². The molecule has 3 heterocycles. The fraction of sp³-hybridized carbons (Fsp3) is 0.278. The summed E-state index contributed by atoms with van der Waals surface area (Å²) in [6.45, 7) is 8.36. The van der Waals surface area contributed by atoms with Crippen LogP contribution in [0, 0.1) is 6.92 Å². The highest BCUT2D eigenvalue weighted by molar-refractivity contribution is 6.30. The van der Waals surface area contributed by atoms with E-state index >= 15 is 0 Å². The molecule has 3 rings (SSSR count). The number of rotatable bonds is 1. The van der Waals surface area contributed by atoms with Crippen molar-refractivity contribution in [2.75, 3.05) is 5.73 Å². The third-order valence-corrected chi connectivity index (χ3v) is 4.02. The van der Waals surface area contributed by atoms with Crippen molar-refractivity contribution >= 4 is 28.3 Å². The zero-order valence-electron chi connectivity index (χ0n) is 13.7. The second kappa shape index (κ2) is 5.46. The molecule has 118 valence electrons. The molecule has 0 aliphatic carbocycles. The number of nitrogens with zero attached hydrogens (tertiary/aromatic N) is 3. The molecule has 0 atom stereocenters. The van der Waals surface area contributed by atoms with E-state index in [0.717, 1.165) is 33.3 Å². The lowest BCUT2D eigenvalue weighted by Gasteiger charge is -2.25. The molecule has 2 N–H and O–H groups in total. The molecule has 0 radical (unpaired) electrons. The standard InChI is InChI=1S/C18H19ClN4/c1-10-7-13(16(17(20)23-10)18(2,3)4)11-5-6-21-14-9-22-15(19)8-12(11)14/h5-9H,1-4H3,(H2,20,23). The Hall–Kier alpha value is -2.20. The normalized spacial score (nSPS) is 11.9. The molecule has 0 bridgehead atoms. The lowest BCUT2D eigenvalue weighted by molar-refractivity contribution is 0.592. The zero-order chi connectivity index (χ0) is 16.8. The number of hydrogen-bond acceptors (Lipinski definition) is 4. The Morgan fingerprint density at radius 3 is 2.52 bits per heavy atom. The van der Waals surface area contributed by atoms with Crippen LogP contribution in [0.3, 0.4) is 0 Å². The average Bonchev–Trinajstić information content (AvgIpc) is 2.44. The summed E-state index contributed by atoms with van der Waals surface area (Å²) < 4.78 is 0. The molecule has 3 aromatic rings. The smallest absolute Gasteiger partial charge is 0.129 e. The van der Waals surface area contributed by atoms with Gasteiger partial charge in [0.25, 0.3) is 0 Å². The number of hydrogen-bond donors (Lipinski definition) is 1. The van der Waals surface area contributed by atoms with Crippen molar-refractivity contribution in [1.82, 2.24) is 15.0 Å². The highest BCUT2D eigenvalue weighted by Gasteiger charge is 2.24. The van der Waals surface area contributed by atoms with E-state index in [9.17, 15) is 0 Å². The summed E-state index contributed by atoms with van der Waals surface area (Å²) in [6.07, 6.45) is 3.47. The number of nitrogens with two attached hydrogens (primary N) is 1. The summed E-state index contributed by atoms with van der Waals surface area (Å²) in [7, 11) is 0. The fourth-order valence-corrected chi connectivity index (χ4v) is 3.11. The van der Waals surface area contributed by atoms with Gasteiger partial charge in [0.2, 0.25) is 0 Å². The summed E-state index contributed by atoms with van der Waals surface area (Å²) in [4.78, 5) is 12.9. The number of nitrogen functional groups attached to an aromatic ring is 1. The van der Waals surface area contributed by atoms with E-state index in [1.165, 1.54) is 0 Å². The van der Waals surface area contributed by atoms with Crippen LogP contribution in [0.2, 0.25) is 5.15 Å². The second-order valence-electron chi connectivity index (χ2n) is 6.70. The molecule has 0 saturated heterocycles. The average molecular weight is 327 g/mol. The summed E-state index contributed by atoms with van der Waals surface area (Å²) in [5.41, 5.74) is 11.0. The highest BCUT2D eigenvalue weighted by atomic mass is 35.5. The minimum absolute atomic E-state index is 0.132. The van der Waals surface area contributed by atoms with Crippen LogP contribution in [0.15, 0.2) is 30.6 Å². The number of anilines is 1. The van der Waals surface area contributed by atoms with Crippen LogP contribution >= 0.6 is 11.6 Å². The number of aromatic nitrogens is 3. The van der Waals surface area contributed by atoms with Gasteiger partial charge in [0.1, 0.15) is 11.0 Å². The van der Waals surface area contributed by atoms with Crippen molar-refractivity contribution in [2.45, 2.75) is 33.1 Å². The summed E-state index contributed by atoms with van der Waals surface area (Å²) in [5, 5.41) is 1.41. The molecule has 23 heavy (non-hydrogen) atoms. The third-order valence-electron chi connectivity index (χ3n) is 3.81. The second-order valence-corrected chi connectivity index (χ2v) is 7.09. The molecule has 0 unspecified atom stereocenters. The van der Waals surface area contributed by atoms with E-state index in [4.69, 9.17) is 17.3 Å². The predicted molar refractivity (Wildman–Crippen MR) is 95.6 cm³/mol. The molecule has 0 saturated carbocycles. The Labute approximate surface area is 140 Å². The molecule has 3 aromatic heterocycles. The van der Waals surface area contributed by atoms with Crippen molar-refractivity contribution < 1.29 is 0 Å². The molecule has 0 spiro atoms. The molecule has 4 nitrogen and oxygen atoms in total. The van der Waals surface area contributed by atoms with Crippen LogP contribution in [0.25, 0.3) is 22.0 Å². The molecule has 0 aliphatic heterocycles. The van der Waals surface area contributed by atoms with Crippen LogP contribution in [0.4, 0.5) is 5.82 Å². The molecule has 0 fully saturated rings. The van der Waals surface area contributed by atoms with Crippen molar-refractivity contribution in [3.63, 3.8) is 0 Å². The first-order valence-corrected chi connectivity index (χ1v) is 7.83. The maximum Gasteiger partial charge on any atom is 0.129 e. The minimum Gasteiger partial charge on any atom is -0.383 e. The van der Waals surface area contributed by atoms with Gasteiger partial charge in [-0.1, -0.05) is 32.4 Å². The fourth-order valence-electron chi connectivity index (χ4n) is 2.96. The highest BCUT2D eigenvalue weighted by Crippen LogP contribution is 2.39. The Balaban J connectivity index is 2.42. The van der Waals surface area contributed by atoms with E-state index in [1.807, 2.05) is 19.1 Å². The SMILES string of the molecule is Cc1cc(-c2ccnc3cnc(Cl)cc23)c(C(C)(C)C)c(N)n1. The van der Waals surface area contributed by atoms with Gasteiger partial charge in [0.15, 0.2) is 0 Å². The van der Waals surface area contributed by atoms with Gasteiger partial charge in [-0.3, -0.25) is 4.98 Å². The first-order chi connectivity index (χ1) is 10.8. The molecular formula is C18H19ClN4. The first-order valence-electron chi connectivity index (χ1n) is 7.45. The summed E-state index contributed by atoms with van der Waals surface area (Å²) in [6, 6.07) is 5.90. The van der Waals surface area contributed by atoms with Gasteiger partial charge in [-0.2, -0.15) is 0 Å². The van der Waals surface area contributed by atoms with Crippen LogP contribution in [0.1, 0.15) is 32.0 Å². The Morgan fingerprint density at radius 1 is 1.09 bits per heavy atom. The summed E-state index contributed by atoms with van der Waals surface area (Å²) in [5.74, 6) is 0.567. The Morgan fingerprint density at radius 2 is 1.83 bits per heavy atom. The van der Waals surface area contributed by atoms with E-state index in [0.29, 0.717) is 11.0 Å². The maximum absolute atomic E-state index is 6.25. The van der Waals surface area contributed by atoms with Gasteiger partial charge >= 0.3 is 0 Å². The molecule has 5 heteroatoms. The van der Waals surface area contributed by atoms with Gasteiger partial charge in [-0.05, 0) is 41.7 Å². The minimum atomic E-state index is -0.132. The lowest BCUT2D eigenvalue weighted by atomic mass is 9.81. The number of aryl methyl sites for hydroxylation is 1. The van der Waals surface area contributed by atoms with Gasteiger partial charge < -0.3 is 5.73 Å². The van der Waals surface area contributed by atoms with Crippen LogP contribution < -0.4 is 5.73 Å². The quantitative estimate of drug-likeness (QED) is 0.667. The maximum atomic E-state index is 6.25. The van der Waals surface area contributed by atoms with Gasteiger partial charge in [0.05, 0.1) is 11.7 Å². The first kappa shape index (κ1) is 15.7. The Kier molecular flexibility index (Phi) is 3.72. The number of fused-ring (bicyclic) bond motifs is 1. The summed E-state index contributed by atoms with van der Waals surface area (Å²) >= 11 is 6.09. The van der Waals surface area contributed by atoms with Crippen LogP contribution in [0.5, 0.6) is 0 Å². The van der Waals surface area contributed by atoms with Crippen molar-refractivity contribution in [2.24, 2.45) is 0 Å². The van der Waals surface area contributed by atoms with E-state index < -0.39 is 0 Å². The van der Waals surface area contributed by atoms with Crippen molar-refractivity contribution in [3.05, 3.63) is 47.0 Å². The van der Waals surface area contributed by atoms with E-state index in [1.54, 1.807) is 12.4 Å². The van der Waals surface area contributed by atoms with E-state index in [-0.39, 0.29) is 5.41 Å². The lowest BCUT2D eigenvalue weighted by Crippen LogP contribution is -2.17. The largest absolute Gasteiger partial charge is 0.383 e. The zero-order valence-corrected chi connectivity index (χ0v) is 14.4. The molecule has 0 aromatic carbocycles. The number of pyridine rings is 3. The van der Waals surface area contributed by atoms with Gasteiger partial charge in [0, 0.05) is 22.8 Å². The monoisotopic (exact) mass is 326 g/mol. The molecular weight excluding hydrogens is 308 g/mol. The predicted octanol–water partition coefficient (Wildman–Crippen LogP) is 4.53. The van der Waals surface area contributed by atoms with Crippen LogP contribution in [-0.4, -0.2) is 15.0 Å². The third kappa shape index (κ3) is 2.86. The molecule has 0 aliphatic rings. The van der Waals surface area contributed by atoms with E-state index in [2.05, 4.69) is 41.8 Å².